The van der Waals surface area contributed by atoms with Crippen LogP contribution in [0.5, 0.6) is 0 Å². The SMILES string of the molecule is CC(O)(CNC(=O)C1(c2cncc(Br)c2)CC1)C1CC1. The minimum Gasteiger partial charge on any atom is -0.388 e. The van der Waals surface area contributed by atoms with Crippen LogP contribution in [0.15, 0.2) is 22.9 Å². The van der Waals surface area contributed by atoms with Crippen LogP contribution < -0.4 is 5.32 Å². The first-order valence-electron chi connectivity index (χ1n) is 7.06. The second kappa shape index (κ2) is 4.81. The van der Waals surface area contributed by atoms with Crippen molar-refractivity contribution in [2.24, 2.45) is 5.92 Å². The highest BCUT2D eigenvalue weighted by atomic mass is 79.9. The van der Waals surface area contributed by atoms with E-state index < -0.39 is 11.0 Å². The molecule has 0 saturated heterocycles. The van der Waals surface area contributed by atoms with Gasteiger partial charge in [0.1, 0.15) is 0 Å². The first kappa shape index (κ1) is 14.0. The summed E-state index contributed by atoms with van der Waals surface area (Å²) >= 11 is 3.40. The quantitative estimate of drug-likeness (QED) is 0.864. The van der Waals surface area contributed by atoms with E-state index in [-0.39, 0.29) is 5.91 Å². The summed E-state index contributed by atoms with van der Waals surface area (Å²) in [4.78, 5) is 16.6. The van der Waals surface area contributed by atoms with Crippen LogP contribution in [-0.2, 0) is 10.2 Å². The number of aromatic nitrogens is 1. The summed E-state index contributed by atoms with van der Waals surface area (Å²) in [6.07, 6.45) is 7.30. The lowest BCUT2D eigenvalue weighted by atomic mass is 9.95. The molecule has 108 valence electrons. The van der Waals surface area contributed by atoms with Crippen LogP contribution in [0, 0.1) is 5.92 Å². The number of pyridine rings is 1. The Morgan fingerprint density at radius 3 is 2.80 bits per heavy atom. The van der Waals surface area contributed by atoms with Crippen LogP contribution in [0.2, 0.25) is 0 Å². The standard InChI is InChI=1S/C15H19BrN2O2/c1-14(20,10-2-3-10)9-18-13(19)15(4-5-15)11-6-12(16)8-17-7-11/h6-8,10,20H,2-5,9H2,1H3,(H,18,19). The van der Waals surface area contributed by atoms with Gasteiger partial charge in [0.15, 0.2) is 0 Å². The van der Waals surface area contributed by atoms with E-state index in [1.54, 1.807) is 12.4 Å². The van der Waals surface area contributed by atoms with Crippen LogP contribution in [0.25, 0.3) is 0 Å². The summed E-state index contributed by atoms with van der Waals surface area (Å²) < 4.78 is 0.888. The van der Waals surface area contributed by atoms with Crippen molar-refractivity contribution in [2.75, 3.05) is 6.54 Å². The maximum absolute atomic E-state index is 12.5. The van der Waals surface area contributed by atoms with Gasteiger partial charge in [0, 0.05) is 23.4 Å². The lowest BCUT2D eigenvalue weighted by Gasteiger charge is -2.25. The van der Waals surface area contributed by atoms with Gasteiger partial charge in [-0.3, -0.25) is 9.78 Å². The maximum Gasteiger partial charge on any atom is 0.230 e. The molecule has 1 aromatic heterocycles. The van der Waals surface area contributed by atoms with Crippen LogP contribution in [0.4, 0.5) is 0 Å². The second-order valence-electron chi connectivity index (χ2n) is 6.29. The molecule has 1 atom stereocenters. The zero-order valence-corrected chi connectivity index (χ0v) is 13.1. The first-order chi connectivity index (χ1) is 9.44. The van der Waals surface area contributed by atoms with Crippen molar-refractivity contribution < 1.29 is 9.90 Å². The van der Waals surface area contributed by atoms with Gasteiger partial charge in [0.2, 0.25) is 5.91 Å². The monoisotopic (exact) mass is 338 g/mol. The number of carbonyl (C=O) groups is 1. The molecule has 1 aromatic rings. The molecule has 2 fully saturated rings. The Hall–Kier alpha value is -0.940. The van der Waals surface area contributed by atoms with Crippen LogP contribution in [0.3, 0.4) is 0 Å². The third-order valence-electron chi connectivity index (χ3n) is 4.51. The van der Waals surface area contributed by atoms with Crippen molar-refractivity contribution in [3.05, 3.63) is 28.5 Å². The average Bonchev–Trinajstić information content (AvgIpc) is 3.29. The van der Waals surface area contributed by atoms with E-state index in [9.17, 15) is 9.90 Å². The van der Waals surface area contributed by atoms with Gasteiger partial charge < -0.3 is 10.4 Å². The summed E-state index contributed by atoms with van der Waals surface area (Å²) in [6.45, 7) is 2.14. The molecule has 0 spiro atoms. The third-order valence-corrected chi connectivity index (χ3v) is 4.94. The Balaban J connectivity index is 1.67. The number of halogens is 1. The van der Waals surface area contributed by atoms with Gasteiger partial charge in [-0.15, -0.1) is 0 Å². The zero-order valence-electron chi connectivity index (χ0n) is 11.5. The van der Waals surface area contributed by atoms with E-state index in [2.05, 4.69) is 26.2 Å². The Morgan fingerprint density at radius 1 is 1.55 bits per heavy atom. The van der Waals surface area contributed by atoms with E-state index >= 15 is 0 Å². The number of nitrogens with zero attached hydrogens (tertiary/aromatic N) is 1. The van der Waals surface area contributed by atoms with Crippen molar-refractivity contribution in [1.29, 1.82) is 0 Å². The Kier molecular flexibility index (Phi) is 3.37. The van der Waals surface area contributed by atoms with Crippen molar-refractivity contribution in [2.45, 2.75) is 43.6 Å². The predicted molar refractivity (Wildman–Crippen MR) is 79.2 cm³/mol. The molecular weight excluding hydrogens is 320 g/mol. The zero-order chi connectivity index (χ0) is 14.4. The number of amides is 1. The molecule has 1 heterocycles. The van der Waals surface area contributed by atoms with Gasteiger partial charge >= 0.3 is 0 Å². The molecule has 5 heteroatoms. The van der Waals surface area contributed by atoms with Gasteiger partial charge in [-0.05, 0) is 66.1 Å². The highest BCUT2D eigenvalue weighted by molar-refractivity contribution is 9.10. The minimum absolute atomic E-state index is 0.0123. The highest BCUT2D eigenvalue weighted by Gasteiger charge is 2.52. The van der Waals surface area contributed by atoms with Gasteiger partial charge in [-0.25, -0.2) is 0 Å². The Morgan fingerprint density at radius 2 is 2.25 bits per heavy atom. The molecule has 1 amide bonds. The van der Waals surface area contributed by atoms with Gasteiger partial charge in [-0.2, -0.15) is 0 Å². The predicted octanol–water partition coefficient (Wildman–Crippen LogP) is 2.15. The molecule has 3 rings (SSSR count). The summed E-state index contributed by atoms with van der Waals surface area (Å²) in [5.74, 6) is 0.351. The fourth-order valence-electron chi connectivity index (χ4n) is 2.72. The molecule has 0 aliphatic heterocycles. The normalized spacial score (nSPS) is 22.9. The number of hydrogen-bond acceptors (Lipinski definition) is 3. The fraction of sp³-hybridized carbons (Fsp3) is 0.600. The summed E-state index contributed by atoms with van der Waals surface area (Å²) in [6, 6.07) is 1.96. The fourth-order valence-corrected chi connectivity index (χ4v) is 3.09. The number of hydrogen-bond donors (Lipinski definition) is 2. The van der Waals surface area contributed by atoms with E-state index in [0.717, 1.165) is 35.7 Å². The number of rotatable bonds is 5. The van der Waals surface area contributed by atoms with Crippen molar-refractivity contribution in [3.8, 4) is 0 Å². The summed E-state index contributed by atoms with van der Waals surface area (Å²) in [7, 11) is 0. The van der Waals surface area contributed by atoms with Crippen molar-refractivity contribution in [1.82, 2.24) is 10.3 Å². The topological polar surface area (TPSA) is 62.2 Å². The molecule has 4 nitrogen and oxygen atoms in total. The highest BCUT2D eigenvalue weighted by Crippen LogP contribution is 2.48. The second-order valence-corrected chi connectivity index (χ2v) is 7.20. The third kappa shape index (κ3) is 2.61. The molecule has 20 heavy (non-hydrogen) atoms. The van der Waals surface area contributed by atoms with E-state index in [1.807, 2.05) is 13.0 Å². The molecule has 0 bridgehead atoms. The smallest absolute Gasteiger partial charge is 0.230 e. The van der Waals surface area contributed by atoms with E-state index in [4.69, 9.17) is 0 Å². The Labute approximate surface area is 127 Å². The van der Waals surface area contributed by atoms with Crippen molar-refractivity contribution in [3.63, 3.8) is 0 Å². The molecule has 1 unspecified atom stereocenters. The van der Waals surface area contributed by atoms with Crippen LogP contribution >= 0.6 is 15.9 Å². The molecule has 0 radical (unpaired) electrons. The Bertz CT molecular complexity index is 536. The number of carbonyl (C=O) groups excluding carboxylic acids is 1. The van der Waals surface area contributed by atoms with Crippen LogP contribution in [0.1, 0.15) is 38.2 Å². The molecule has 2 N–H and O–H groups in total. The molecular formula is C15H19BrN2O2. The summed E-state index contributed by atoms with van der Waals surface area (Å²) in [5.41, 5.74) is -0.257. The van der Waals surface area contributed by atoms with Crippen LogP contribution in [-0.4, -0.2) is 28.1 Å². The van der Waals surface area contributed by atoms with Gasteiger partial charge in [-0.1, -0.05) is 0 Å². The molecule has 2 aliphatic rings. The lowest BCUT2D eigenvalue weighted by Crippen LogP contribution is -2.45. The number of aliphatic hydroxyl groups is 1. The lowest BCUT2D eigenvalue weighted by molar-refractivity contribution is -0.124. The molecule has 2 aliphatic carbocycles. The van der Waals surface area contributed by atoms with Gasteiger partial charge in [0.05, 0.1) is 11.0 Å². The van der Waals surface area contributed by atoms with E-state index in [1.165, 1.54) is 0 Å². The first-order valence-corrected chi connectivity index (χ1v) is 7.85. The molecule has 0 aromatic carbocycles. The summed E-state index contributed by atoms with van der Waals surface area (Å²) in [5, 5.41) is 13.2. The van der Waals surface area contributed by atoms with Crippen molar-refractivity contribution >= 4 is 21.8 Å². The minimum atomic E-state index is -0.777. The van der Waals surface area contributed by atoms with E-state index in [0.29, 0.717) is 12.5 Å². The molecule has 2 saturated carbocycles. The largest absolute Gasteiger partial charge is 0.388 e. The maximum atomic E-state index is 12.5. The van der Waals surface area contributed by atoms with Gasteiger partial charge in [0.25, 0.3) is 0 Å². The number of nitrogens with one attached hydrogen (secondary N) is 1. The average molecular weight is 339 g/mol.